The lowest BCUT2D eigenvalue weighted by Crippen LogP contribution is -2.27. The van der Waals surface area contributed by atoms with Crippen molar-refractivity contribution in [2.75, 3.05) is 4.90 Å². The van der Waals surface area contributed by atoms with Gasteiger partial charge in [0.05, 0.1) is 10.6 Å². The first kappa shape index (κ1) is 16.6. The zero-order valence-electron chi connectivity index (χ0n) is 13.3. The maximum absolute atomic E-state index is 12.7. The lowest BCUT2D eigenvalue weighted by atomic mass is 10.1. The number of Topliss-reactive ketones (excluding diaryl/α,β-unsaturated/α-hetero) is 1. The minimum atomic E-state index is -0.137. The quantitative estimate of drug-likeness (QED) is 0.459. The van der Waals surface area contributed by atoms with E-state index in [0.29, 0.717) is 20.5 Å². The number of nitrogens with zero attached hydrogens (tertiary/aromatic N) is 1. The number of thioether (sulfide) groups is 1. The van der Waals surface area contributed by atoms with Crippen LogP contribution in [0, 0.1) is 6.92 Å². The molecule has 0 atom stereocenters. The van der Waals surface area contributed by atoms with Gasteiger partial charge in [-0.05, 0) is 49.8 Å². The Morgan fingerprint density at radius 2 is 1.88 bits per heavy atom. The number of thiocarbonyl (C=S) groups is 1. The molecule has 2 aromatic rings. The van der Waals surface area contributed by atoms with Crippen molar-refractivity contribution in [3.63, 3.8) is 0 Å². The Hall–Kier alpha value is -2.24. The van der Waals surface area contributed by atoms with E-state index in [1.807, 2.05) is 37.3 Å². The van der Waals surface area contributed by atoms with Crippen molar-refractivity contribution in [1.29, 1.82) is 0 Å². The number of amides is 1. The second kappa shape index (κ2) is 6.71. The van der Waals surface area contributed by atoms with Gasteiger partial charge in [-0.2, -0.15) is 0 Å². The van der Waals surface area contributed by atoms with Crippen LogP contribution < -0.4 is 4.90 Å². The van der Waals surface area contributed by atoms with Crippen molar-refractivity contribution >= 4 is 51.8 Å². The van der Waals surface area contributed by atoms with Gasteiger partial charge in [0.15, 0.2) is 10.1 Å². The molecule has 1 aliphatic rings. The Morgan fingerprint density at radius 3 is 2.50 bits per heavy atom. The molecule has 0 bridgehead atoms. The van der Waals surface area contributed by atoms with Gasteiger partial charge in [-0.1, -0.05) is 53.8 Å². The Bertz CT molecular complexity index is 869. The number of anilines is 1. The molecule has 1 amide bonds. The standard InChI is InChI=1S/C19H15NO2S2/c1-12-4-3-5-14(10-12)11-17-18(22)20(19(23)24-17)16-8-6-15(7-9-16)13(2)21/h3-11H,1-2H3. The van der Waals surface area contributed by atoms with Crippen LogP contribution in [-0.4, -0.2) is 16.0 Å². The fourth-order valence-corrected chi connectivity index (χ4v) is 3.75. The summed E-state index contributed by atoms with van der Waals surface area (Å²) >= 11 is 6.65. The molecule has 0 saturated carbocycles. The minimum Gasteiger partial charge on any atom is -0.295 e. The van der Waals surface area contributed by atoms with E-state index in [1.54, 1.807) is 24.3 Å². The zero-order chi connectivity index (χ0) is 17.3. The molecule has 5 heteroatoms. The van der Waals surface area contributed by atoms with E-state index in [-0.39, 0.29) is 11.7 Å². The first-order valence-corrected chi connectivity index (χ1v) is 8.64. The minimum absolute atomic E-state index is 0.00807. The molecule has 0 unspecified atom stereocenters. The van der Waals surface area contributed by atoms with E-state index in [9.17, 15) is 9.59 Å². The van der Waals surface area contributed by atoms with Crippen LogP contribution >= 0.6 is 24.0 Å². The van der Waals surface area contributed by atoms with E-state index in [4.69, 9.17) is 12.2 Å². The third kappa shape index (κ3) is 3.32. The van der Waals surface area contributed by atoms with E-state index in [1.165, 1.54) is 23.6 Å². The van der Waals surface area contributed by atoms with Gasteiger partial charge in [-0.25, -0.2) is 0 Å². The average molecular weight is 353 g/mol. The number of hydrogen-bond acceptors (Lipinski definition) is 4. The number of carbonyl (C=O) groups excluding carboxylic acids is 2. The van der Waals surface area contributed by atoms with Gasteiger partial charge in [0, 0.05) is 5.56 Å². The lowest BCUT2D eigenvalue weighted by molar-refractivity contribution is -0.113. The number of ketones is 1. The summed E-state index contributed by atoms with van der Waals surface area (Å²) in [7, 11) is 0. The van der Waals surface area contributed by atoms with Crippen LogP contribution in [0.25, 0.3) is 6.08 Å². The summed E-state index contributed by atoms with van der Waals surface area (Å²) in [4.78, 5) is 26.2. The summed E-state index contributed by atoms with van der Waals surface area (Å²) in [6.07, 6.45) is 1.86. The summed E-state index contributed by atoms with van der Waals surface area (Å²) in [5.74, 6) is -0.145. The van der Waals surface area contributed by atoms with Crippen LogP contribution in [0.2, 0.25) is 0 Å². The van der Waals surface area contributed by atoms with Crippen molar-refractivity contribution < 1.29 is 9.59 Å². The van der Waals surface area contributed by atoms with Gasteiger partial charge in [0.2, 0.25) is 0 Å². The van der Waals surface area contributed by atoms with Crippen LogP contribution in [0.3, 0.4) is 0 Å². The van der Waals surface area contributed by atoms with Gasteiger partial charge in [-0.3, -0.25) is 14.5 Å². The van der Waals surface area contributed by atoms with Crippen molar-refractivity contribution in [3.8, 4) is 0 Å². The van der Waals surface area contributed by atoms with Gasteiger partial charge in [0.1, 0.15) is 0 Å². The van der Waals surface area contributed by atoms with Crippen molar-refractivity contribution in [1.82, 2.24) is 0 Å². The molecular weight excluding hydrogens is 338 g/mol. The maximum Gasteiger partial charge on any atom is 0.270 e. The molecular formula is C19H15NO2S2. The molecule has 0 radical (unpaired) electrons. The predicted octanol–water partition coefficient (Wildman–Crippen LogP) is 4.60. The topological polar surface area (TPSA) is 37.4 Å². The Balaban J connectivity index is 1.90. The SMILES string of the molecule is CC(=O)c1ccc(N2C(=O)C(=Cc3cccc(C)c3)SC2=S)cc1. The predicted molar refractivity (Wildman–Crippen MR) is 103 cm³/mol. The van der Waals surface area contributed by atoms with Gasteiger partial charge in [0.25, 0.3) is 5.91 Å². The molecule has 3 rings (SSSR count). The van der Waals surface area contributed by atoms with E-state index < -0.39 is 0 Å². The highest BCUT2D eigenvalue weighted by molar-refractivity contribution is 8.27. The zero-order valence-corrected chi connectivity index (χ0v) is 14.9. The average Bonchev–Trinajstić information content (AvgIpc) is 2.81. The highest BCUT2D eigenvalue weighted by atomic mass is 32.2. The highest BCUT2D eigenvalue weighted by Gasteiger charge is 2.33. The second-order valence-corrected chi connectivity index (χ2v) is 7.21. The molecule has 2 aromatic carbocycles. The number of carbonyl (C=O) groups is 2. The Labute approximate surface area is 150 Å². The molecule has 1 aliphatic heterocycles. The van der Waals surface area contributed by atoms with Crippen LogP contribution in [0.1, 0.15) is 28.4 Å². The normalized spacial score (nSPS) is 16.1. The fraction of sp³-hybridized carbons (Fsp3) is 0.105. The molecule has 3 nitrogen and oxygen atoms in total. The summed E-state index contributed by atoms with van der Waals surface area (Å²) in [6.45, 7) is 3.53. The summed E-state index contributed by atoms with van der Waals surface area (Å²) in [6, 6.07) is 14.9. The molecule has 0 N–H and O–H groups in total. The van der Waals surface area contributed by atoms with Crippen LogP contribution in [0.5, 0.6) is 0 Å². The lowest BCUT2D eigenvalue weighted by Gasteiger charge is -2.14. The first-order valence-electron chi connectivity index (χ1n) is 7.41. The molecule has 1 fully saturated rings. The number of hydrogen-bond donors (Lipinski definition) is 0. The van der Waals surface area contributed by atoms with E-state index in [0.717, 1.165) is 11.1 Å². The third-order valence-electron chi connectivity index (χ3n) is 3.67. The third-order valence-corrected chi connectivity index (χ3v) is 4.97. The number of rotatable bonds is 3. The number of aryl methyl sites for hydroxylation is 1. The summed E-state index contributed by atoms with van der Waals surface area (Å²) in [5.41, 5.74) is 3.40. The fourth-order valence-electron chi connectivity index (χ4n) is 2.45. The van der Waals surface area contributed by atoms with Crippen LogP contribution in [-0.2, 0) is 4.79 Å². The molecule has 0 aromatic heterocycles. The van der Waals surface area contributed by atoms with Crippen molar-refractivity contribution in [2.24, 2.45) is 0 Å². The molecule has 1 saturated heterocycles. The van der Waals surface area contributed by atoms with E-state index in [2.05, 4.69) is 0 Å². The molecule has 24 heavy (non-hydrogen) atoms. The van der Waals surface area contributed by atoms with Crippen LogP contribution in [0.15, 0.2) is 53.4 Å². The maximum atomic E-state index is 12.7. The smallest absolute Gasteiger partial charge is 0.270 e. The van der Waals surface area contributed by atoms with Gasteiger partial charge < -0.3 is 0 Å². The Morgan fingerprint density at radius 1 is 1.17 bits per heavy atom. The van der Waals surface area contributed by atoms with Crippen molar-refractivity contribution in [2.45, 2.75) is 13.8 Å². The molecule has 1 heterocycles. The monoisotopic (exact) mass is 353 g/mol. The number of benzene rings is 2. The van der Waals surface area contributed by atoms with Gasteiger partial charge >= 0.3 is 0 Å². The largest absolute Gasteiger partial charge is 0.295 e. The summed E-state index contributed by atoms with van der Waals surface area (Å²) in [5, 5.41) is 0. The Kier molecular flexibility index (Phi) is 4.64. The van der Waals surface area contributed by atoms with E-state index >= 15 is 0 Å². The molecule has 0 spiro atoms. The highest BCUT2D eigenvalue weighted by Crippen LogP contribution is 2.36. The first-order chi connectivity index (χ1) is 11.5. The van der Waals surface area contributed by atoms with Crippen LogP contribution in [0.4, 0.5) is 5.69 Å². The van der Waals surface area contributed by atoms with Crippen molar-refractivity contribution in [3.05, 3.63) is 70.1 Å². The molecule has 120 valence electrons. The molecule has 0 aliphatic carbocycles. The summed E-state index contributed by atoms with van der Waals surface area (Å²) < 4.78 is 0.495. The van der Waals surface area contributed by atoms with Gasteiger partial charge in [-0.15, -0.1) is 0 Å². The second-order valence-electron chi connectivity index (χ2n) is 5.53.